The molecule has 0 unspecified atom stereocenters. The van der Waals surface area contributed by atoms with Crippen molar-refractivity contribution in [2.75, 3.05) is 0 Å². The monoisotopic (exact) mass is 316 g/mol. The molecule has 0 N–H and O–H groups in total. The van der Waals surface area contributed by atoms with E-state index in [2.05, 4.69) is 21.0 Å². The summed E-state index contributed by atoms with van der Waals surface area (Å²) in [5.41, 5.74) is 0.484. The highest BCUT2D eigenvalue weighted by Crippen LogP contribution is 2.22. The van der Waals surface area contributed by atoms with Crippen molar-refractivity contribution in [3.05, 3.63) is 39.5 Å². The quantitative estimate of drug-likeness (QED) is 0.810. The van der Waals surface area contributed by atoms with Crippen molar-refractivity contribution in [1.82, 2.24) is 9.78 Å². The summed E-state index contributed by atoms with van der Waals surface area (Å²) < 4.78 is 7.42. The fourth-order valence-corrected chi connectivity index (χ4v) is 2.15. The van der Waals surface area contributed by atoms with Crippen LogP contribution in [-0.2, 0) is 6.54 Å². The van der Waals surface area contributed by atoms with E-state index >= 15 is 0 Å². The Balaban J connectivity index is 2.39. The van der Waals surface area contributed by atoms with Crippen LogP contribution in [0.1, 0.15) is 29.6 Å². The molecule has 0 atom stereocenters. The van der Waals surface area contributed by atoms with Crippen LogP contribution in [0.4, 0.5) is 0 Å². The molecule has 4 nitrogen and oxygen atoms in total. The van der Waals surface area contributed by atoms with E-state index in [-0.39, 0.29) is 16.8 Å². The van der Waals surface area contributed by atoms with Gasteiger partial charge in [-0.3, -0.25) is 9.48 Å². The number of hydrogen-bond donors (Lipinski definition) is 0. The van der Waals surface area contributed by atoms with Crippen LogP contribution < -0.4 is 0 Å². The van der Waals surface area contributed by atoms with Crippen molar-refractivity contribution in [3.8, 4) is 0 Å². The maximum atomic E-state index is 12.2. The molecule has 0 saturated heterocycles. The molecule has 0 amide bonds. The summed E-state index contributed by atoms with van der Waals surface area (Å²) >= 11 is 8.97. The minimum atomic E-state index is -0.227. The third-order valence-corrected chi connectivity index (χ3v) is 3.03. The van der Waals surface area contributed by atoms with Crippen LogP contribution in [0, 0.1) is 0 Å². The number of carbonyl (C=O) groups is 1. The lowest BCUT2D eigenvalue weighted by atomic mass is 10.2. The number of carbonyl (C=O) groups excluding carboxylic acids is 1. The largest absolute Gasteiger partial charge is 0.441 e. The number of halogens is 2. The smallest absolute Gasteiger partial charge is 0.247 e. The second-order valence-electron chi connectivity index (χ2n) is 3.50. The van der Waals surface area contributed by atoms with Gasteiger partial charge in [-0.15, -0.1) is 0 Å². The van der Waals surface area contributed by atoms with Crippen LogP contribution in [-0.4, -0.2) is 15.6 Å². The van der Waals surface area contributed by atoms with Gasteiger partial charge in [-0.05, 0) is 46.1 Å². The van der Waals surface area contributed by atoms with Gasteiger partial charge in [-0.25, -0.2) is 0 Å². The average molecular weight is 318 g/mol. The first-order chi connectivity index (χ1) is 8.13. The second-order valence-corrected chi connectivity index (χ2v) is 4.72. The Hall–Kier alpha value is -1.07. The first kappa shape index (κ1) is 12.4. The summed E-state index contributed by atoms with van der Waals surface area (Å²) in [4.78, 5) is 12.2. The van der Waals surface area contributed by atoms with Gasteiger partial charge >= 0.3 is 0 Å². The van der Waals surface area contributed by atoms with E-state index in [1.165, 1.54) is 0 Å². The van der Waals surface area contributed by atoms with Crippen LogP contribution in [0.2, 0.25) is 5.22 Å². The van der Waals surface area contributed by atoms with Gasteiger partial charge in [0.25, 0.3) is 0 Å². The molecule has 0 aliphatic rings. The van der Waals surface area contributed by atoms with E-state index < -0.39 is 0 Å². The predicted octanol–water partition coefficient (Wildman–Crippen LogP) is 3.53. The normalized spacial score (nSPS) is 10.8. The molecule has 2 aromatic rings. The molecule has 0 saturated carbocycles. The number of aromatic nitrogens is 2. The zero-order valence-corrected chi connectivity index (χ0v) is 11.5. The Kier molecular flexibility index (Phi) is 3.69. The summed E-state index contributed by atoms with van der Waals surface area (Å²) in [6, 6.07) is 3.10. The van der Waals surface area contributed by atoms with Crippen molar-refractivity contribution in [2.45, 2.75) is 19.9 Å². The number of nitrogens with zero attached hydrogens (tertiary/aromatic N) is 2. The number of furan rings is 1. The lowest BCUT2D eigenvalue weighted by molar-refractivity contribution is 0.0998. The van der Waals surface area contributed by atoms with E-state index in [0.717, 1.165) is 6.42 Å². The fraction of sp³-hybridized carbons (Fsp3) is 0.273. The minimum Gasteiger partial charge on any atom is -0.441 e. The maximum absolute atomic E-state index is 12.2. The predicted molar refractivity (Wildman–Crippen MR) is 67.4 cm³/mol. The van der Waals surface area contributed by atoms with Gasteiger partial charge in [0.1, 0.15) is 5.69 Å². The third kappa shape index (κ3) is 2.45. The van der Waals surface area contributed by atoms with Crippen LogP contribution in [0.15, 0.2) is 27.2 Å². The molecule has 90 valence electrons. The van der Waals surface area contributed by atoms with Gasteiger partial charge in [-0.1, -0.05) is 6.92 Å². The summed E-state index contributed by atoms with van der Waals surface area (Å²) in [5, 5.41) is 4.33. The van der Waals surface area contributed by atoms with Crippen molar-refractivity contribution in [1.29, 1.82) is 0 Å². The molecule has 6 heteroatoms. The Morgan fingerprint density at radius 2 is 2.35 bits per heavy atom. The number of aryl methyl sites for hydroxylation is 1. The molecule has 2 heterocycles. The molecule has 0 spiro atoms. The van der Waals surface area contributed by atoms with Crippen molar-refractivity contribution < 1.29 is 9.21 Å². The maximum Gasteiger partial charge on any atom is 0.247 e. The van der Waals surface area contributed by atoms with Gasteiger partial charge in [0.15, 0.2) is 11.0 Å². The molecular formula is C11H10BrClN2O2. The molecular weight excluding hydrogens is 307 g/mol. The second kappa shape index (κ2) is 5.06. The lowest BCUT2D eigenvalue weighted by Crippen LogP contribution is -2.11. The van der Waals surface area contributed by atoms with E-state index in [4.69, 9.17) is 16.0 Å². The SMILES string of the molecule is CCCn1ncc(Br)c1C(=O)c1ccc(Cl)o1. The van der Waals surface area contributed by atoms with Gasteiger partial charge < -0.3 is 4.42 Å². The van der Waals surface area contributed by atoms with Crippen molar-refractivity contribution in [2.24, 2.45) is 0 Å². The summed E-state index contributed by atoms with van der Waals surface area (Å²) in [5.74, 6) is -0.0109. The number of ketones is 1. The van der Waals surface area contributed by atoms with E-state index in [0.29, 0.717) is 16.7 Å². The van der Waals surface area contributed by atoms with Crippen LogP contribution in [0.5, 0.6) is 0 Å². The van der Waals surface area contributed by atoms with E-state index in [9.17, 15) is 4.79 Å². The molecule has 2 rings (SSSR count). The van der Waals surface area contributed by atoms with Gasteiger partial charge in [0.05, 0.1) is 10.7 Å². The molecule has 0 bridgehead atoms. The highest BCUT2D eigenvalue weighted by molar-refractivity contribution is 9.10. The fourth-order valence-electron chi connectivity index (χ4n) is 1.52. The molecule has 0 aliphatic heterocycles. The van der Waals surface area contributed by atoms with Crippen LogP contribution >= 0.6 is 27.5 Å². The Morgan fingerprint density at radius 3 is 2.94 bits per heavy atom. The zero-order valence-electron chi connectivity index (χ0n) is 9.11. The lowest BCUT2D eigenvalue weighted by Gasteiger charge is -2.03. The van der Waals surface area contributed by atoms with E-state index in [1.54, 1.807) is 23.0 Å². The summed E-state index contributed by atoms with van der Waals surface area (Å²) in [7, 11) is 0. The molecule has 0 aliphatic carbocycles. The minimum absolute atomic E-state index is 0.200. The zero-order chi connectivity index (χ0) is 12.4. The first-order valence-corrected chi connectivity index (χ1v) is 6.32. The number of hydrogen-bond acceptors (Lipinski definition) is 3. The highest BCUT2D eigenvalue weighted by Gasteiger charge is 2.21. The first-order valence-electron chi connectivity index (χ1n) is 5.14. The van der Waals surface area contributed by atoms with E-state index in [1.807, 2.05) is 6.92 Å². The Morgan fingerprint density at radius 1 is 1.59 bits per heavy atom. The topological polar surface area (TPSA) is 48.0 Å². The van der Waals surface area contributed by atoms with Crippen LogP contribution in [0.25, 0.3) is 0 Å². The molecule has 2 aromatic heterocycles. The van der Waals surface area contributed by atoms with Crippen molar-refractivity contribution in [3.63, 3.8) is 0 Å². The van der Waals surface area contributed by atoms with Gasteiger partial charge in [-0.2, -0.15) is 5.10 Å². The molecule has 0 radical (unpaired) electrons. The van der Waals surface area contributed by atoms with Gasteiger partial charge in [0.2, 0.25) is 5.78 Å². The standard InChI is InChI=1S/C11H10BrClN2O2/c1-2-5-15-10(7(12)6-14-15)11(16)8-3-4-9(13)17-8/h3-4,6H,2,5H2,1H3. The molecule has 0 fully saturated rings. The number of rotatable bonds is 4. The Bertz CT molecular complexity index is 547. The molecule has 0 aromatic carbocycles. The third-order valence-electron chi connectivity index (χ3n) is 2.24. The molecule has 17 heavy (non-hydrogen) atoms. The van der Waals surface area contributed by atoms with Gasteiger partial charge in [0, 0.05) is 6.54 Å². The van der Waals surface area contributed by atoms with Crippen LogP contribution in [0.3, 0.4) is 0 Å². The van der Waals surface area contributed by atoms with Crippen molar-refractivity contribution >= 4 is 33.3 Å². The summed E-state index contributed by atoms with van der Waals surface area (Å²) in [6.45, 7) is 2.70. The highest BCUT2D eigenvalue weighted by atomic mass is 79.9. The summed E-state index contributed by atoms with van der Waals surface area (Å²) in [6.07, 6.45) is 2.50. The Labute approximate surface area is 112 Å². The average Bonchev–Trinajstić information content (AvgIpc) is 2.86.